The predicted molar refractivity (Wildman–Crippen MR) is 38.9 cm³/mol. The fraction of sp³-hybridized carbons (Fsp3) is 0.714. The average Bonchev–Trinajstić information content (AvgIpc) is 1.64. The average molecular weight is 108 g/mol. The molecule has 0 aliphatic heterocycles. The smallest absolute Gasteiger partial charge is 0.107 e. The quantitative estimate of drug-likeness (QED) is 0.474. The van der Waals surface area contributed by atoms with Crippen LogP contribution in [0.5, 0.6) is 0 Å². The second-order valence-corrected chi connectivity index (χ2v) is 2.61. The minimum absolute atomic E-state index is 0.454. The van der Waals surface area contributed by atoms with Crippen LogP contribution in [0, 0.1) is 11.8 Å². The van der Waals surface area contributed by atoms with E-state index in [1.807, 2.05) is 0 Å². The van der Waals surface area contributed by atoms with E-state index in [9.17, 15) is 0 Å². The van der Waals surface area contributed by atoms with Crippen molar-refractivity contribution in [2.45, 2.75) is 20.8 Å². The molecular weight excluding hydrogens is 94.9 g/mol. The lowest BCUT2D eigenvalue weighted by molar-refractivity contribution is 0.497. The van der Waals surface area contributed by atoms with E-state index in [2.05, 4.69) is 27.4 Å². The van der Waals surface area contributed by atoms with Crippen molar-refractivity contribution >= 4 is 7.85 Å². The van der Waals surface area contributed by atoms with Gasteiger partial charge in [0.15, 0.2) is 0 Å². The molecular formula is C7H13B. The molecule has 0 rings (SSSR count). The van der Waals surface area contributed by atoms with Gasteiger partial charge in [-0.25, -0.2) is 0 Å². The summed E-state index contributed by atoms with van der Waals surface area (Å²) in [4.78, 5) is 0. The molecule has 8 heavy (non-hydrogen) atoms. The summed E-state index contributed by atoms with van der Waals surface area (Å²) in [7, 11) is 5.44. The van der Waals surface area contributed by atoms with E-state index >= 15 is 0 Å². The van der Waals surface area contributed by atoms with E-state index < -0.39 is 0 Å². The Morgan fingerprint density at radius 1 is 1.38 bits per heavy atom. The highest BCUT2D eigenvalue weighted by Crippen LogP contribution is 2.14. The first-order valence-corrected chi connectivity index (χ1v) is 3.00. The Hall–Kier alpha value is -0.195. The molecule has 0 aliphatic rings. The van der Waals surface area contributed by atoms with Crippen molar-refractivity contribution < 1.29 is 0 Å². The molecule has 44 valence electrons. The van der Waals surface area contributed by atoms with Crippen LogP contribution >= 0.6 is 0 Å². The molecule has 0 aromatic heterocycles. The molecule has 1 atom stereocenters. The maximum atomic E-state index is 5.44. The molecule has 0 spiro atoms. The normalized spacial score (nSPS) is 14.0. The Morgan fingerprint density at radius 3 is 1.75 bits per heavy atom. The van der Waals surface area contributed by atoms with Crippen molar-refractivity contribution in [2.75, 3.05) is 0 Å². The molecule has 0 nitrogen and oxygen atoms in total. The monoisotopic (exact) mass is 108 g/mol. The van der Waals surface area contributed by atoms with Crippen molar-refractivity contribution in [2.24, 2.45) is 11.8 Å². The fourth-order valence-electron chi connectivity index (χ4n) is 0.428. The van der Waals surface area contributed by atoms with Crippen LogP contribution in [0.3, 0.4) is 0 Å². The zero-order valence-electron chi connectivity index (χ0n) is 5.94. The summed E-state index contributed by atoms with van der Waals surface area (Å²) < 4.78 is 0. The highest BCUT2D eigenvalue weighted by atomic mass is 14.1. The van der Waals surface area contributed by atoms with Crippen LogP contribution in [-0.4, -0.2) is 7.85 Å². The summed E-state index contributed by atoms with van der Waals surface area (Å²) in [5.41, 5.74) is 0.792. The van der Waals surface area contributed by atoms with E-state index in [4.69, 9.17) is 7.85 Å². The van der Waals surface area contributed by atoms with Crippen molar-refractivity contribution in [3.8, 4) is 0 Å². The molecule has 0 aromatic rings. The maximum absolute atomic E-state index is 5.44. The summed E-state index contributed by atoms with van der Waals surface area (Å²) in [6.07, 6.45) is 0. The first kappa shape index (κ1) is 7.80. The van der Waals surface area contributed by atoms with Gasteiger partial charge in [-0.2, -0.15) is 0 Å². The molecule has 0 saturated heterocycles. The lowest BCUT2D eigenvalue weighted by Gasteiger charge is -2.14. The van der Waals surface area contributed by atoms with Gasteiger partial charge in [-0.05, 0) is 11.8 Å². The number of hydrogen-bond donors (Lipinski definition) is 0. The third-order valence-electron chi connectivity index (χ3n) is 1.58. The van der Waals surface area contributed by atoms with Gasteiger partial charge < -0.3 is 0 Å². The second-order valence-electron chi connectivity index (χ2n) is 2.61. The topological polar surface area (TPSA) is 0 Å². The summed E-state index contributed by atoms with van der Waals surface area (Å²) in [5, 5.41) is 0. The number of hydrogen-bond acceptors (Lipinski definition) is 0. The highest BCUT2D eigenvalue weighted by Gasteiger charge is 2.04. The summed E-state index contributed by atoms with van der Waals surface area (Å²) in [6.45, 7) is 10.0. The van der Waals surface area contributed by atoms with Gasteiger partial charge in [-0.15, -0.1) is 12.1 Å². The zero-order chi connectivity index (χ0) is 6.73. The molecule has 0 aromatic carbocycles. The van der Waals surface area contributed by atoms with Crippen LogP contribution < -0.4 is 0 Å². The first-order chi connectivity index (χ1) is 3.55. The van der Waals surface area contributed by atoms with E-state index in [-0.39, 0.29) is 0 Å². The zero-order valence-corrected chi connectivity index (χ0v) is 5.94. The highest BCUT2D eigenvalue weighted by molar-refractivity contribution is 6.21. The van der Waals surface area contributed by atoms with Crippen LogP contribution in [0.1, 0.15) is 20.8 Å². The fourth-order valence-corrected chi connectivity index (χ4v) is 0.428. The third kappa shape index (κ3) is 2.20. The van der Waals surface area contributed by atoms with Gasteiger partial charge in [0.1, 0.15) is 7.85 Å². The van der Waals surface area contributed by atoms with Crippen LogP contribution in [-0.2, 0) is 0 Å². The lowest BCUT2D eigenvalue weighted by atomic mass is 9.80. The minimum atomic E-state index is 0.454. The van der Waals surface area contributed by atoms with Gasteiger partial charge in [0.05, 0.1) is 0 Å². The van der Waals surface area contributed by atoms with Gasteiger partial charge in [0, 0.05) is 0 Å². The van der Waals surface area contributed by atoms with Gasteiger partial charge >= 0.3 is 0 Å². The SMILES string of the molecule is [B]C(=C)[C@@H](C)C(C)C. The standard InChI is InChI=1S/C7H13B/c1-5(2)6(3)7(4)8/h5-6H,4H2,1-3H3/t6-/m0/s1. The van der Waals surface area contributed by atoms with Crippen molar-refractivity contribution in [3.05, 3.63) is 12.1 Å². The van der Waals surface area contributed by atoms with Crippen molar-refractivity contribution in [1.82, 2.24) is 0 Å². The lowest BCUT2D eigenvalue weighted by Crippen LogP contribution is -2.05. The Bertz CT molecular complexity index is 84.4. The Kier molecular flexibility index (Phi) is 2.89. The molecule has 0 amide bonds. The van der Waals surface area contributed by atoms with Crippen molar-refractivity contribution in [3.63, 3.8) is 0 Å². The molecule has 0 unspecified atom stereocenters. The van der Waals surface area contributed by atoms with Crippen molar-refractivity contribution in [1.29, 1.82) is 0 Å². The van der Waals surface area contributed by atoms with Gasteiger partial charge in [0.2, 0.25) is 0 Å². The van der Waals surface area contributed by atoms with Crippen LogP contribution in [0.4, 0.5) is 0 Å². The number of rotatable bonds is 2. The second kappa shape index (κ2) is 2.96. The molecule has 0 saturated carbocycles. The third-order valence-corrected chi connectivity index (χ3v) is 1.58. The van der Waals surface area contributed by atoms with Crippen LogP contribution in [0.2, 0.25) is 0 Å². The Labute approximate surface area is 53.4 Å². The molecule has 0 aliphatic carbocycles. The molecule has 1 heteroatoms. The number of allylic oxidation sites excluding steroid dienone is 1. The predicted octanol–water partition coefficient (Wildman–Crippen LogP) is 1.96. The minimum Gasteiger partial charge on any atom is -0.122 e. The molecule has 0 fully saturated rings. The maximum Gasteiger partial charge on any atom is 0.107 e. The molecule has 2 radical (unpaired) electrons. The largest absolute Gasteiger partial charge is 0.122 e. The van der Waals surface area contributed by atoms with Crippen LogP contribution in [0.25, 0.3) is 0 Å². The molecule has 0 heterocycles. The van der Waals surface area contributed by atoms with E-state index in [1.54, 1.807) is 0 Å². The molecule has 0 N–H and O–H groups in total. The van der Waals surface area contributed by atoms with E-state index in [0.29, 0.717) is 11.8 Å². The van der Waals surface area contributed by atoms with Gasteiger partial charge in [-0.3, -0.25) is 0 Å². The summed E-state index contributed by atoms with van der Waals surface area (Å²) in [6, 6.07) is 0. The van der Waals surface area contributed by atoms with Crippen LogP contribution in [0.15, 0.2) is 12.1 Å². The van der Waals surface area contributed by atoms with Gasteiger partial charge in [-0.1, -0.05) is 20.8 Å². The summed E-state index contributed by atoms with van der Waals surface area (Å²) >= 11 is 0. The summed E-state index contributed by atoms with van der Waals surface area (Å²) in [5.74, 6) is 1.07. The Morgan fingerprint density at radius 2 is 1.75 bits per heavy atom. The molecule has 0 bridgehead atoms. The Balaban J connectivity index is 3.64. The van der Waals surface area contributed by atoms with Gasteiger partial charge in [0.25, 0.3) is 0 Å². The van der Waals surface area contributed by atoms with E-state index in [1.165, 1.54) is 0 Å². The first-order valence-electron chi connectivity index (χ1n) is 3.00. The van der Waals surface area contributed by atoms with E-state index in [0.717, 1.165) is 5.47 Å².